The zero-order valence-corrected chi connectivity index (χ0v) is 10.9. The fourth-order valence-electron chi connectivity index (χ4n) is 1.86. The van der Waals surface area contributed by atoms with E-state index < -0.39 is 0 Å². The van der Waals surface area contributed by atoms with E-state index in [1.807, 2.05) is 6.08 Å². The van der Waals surface area contributed by atoms with Gasteiger partial charge in [0.2, 0.25) is 0 Å². The van der Waals surface area contributed by atoms with Gasteiger partial charge >= 0.3 is 0 Å². The Kier molecular flexibility index (Phi) is 10.2. The van der Waals surface area contributed by atoms with E-state index in [4.69, 9.17) is 5.26 Å². The molecule has 0 spiro atoms. The minimum Gasteiger partial charge on any atom is -0.299 e. The van der Waals surface area contributed by atoms with Gasteiger partial charge in [0.05, 0.1) is 12.5 Å². The second-order valence-corrected chi connectivity index (χ2v) is 4.28. The predicted molar refractivity (Wildman–Crippen MR) is 70.2 cm³/mol. The molecule has 0 radical (unpaired) electrons. The summed E-state index contributed by atoms with van der Waals surface area (Å²) in [4.78, 5) is 2.47. The summed E-state index contributed by atoms with van der Waals surface area (Å²) in [5.74, 6) is 0. The fourth-order valence-corrected chi connectivity index (χ4v) is 1.86. The molecule has 0 bridgehead atoms. The highest BCUT2D eigenvalue weighted by atomic mass is 15.1. The summed E-state index contributed by atoms with van der Waals surface area (Å²) in [6.07, 6.45) is 8.38. The molecule has 16 heavy (non-hydrogen) atoms. The molecule has 0 aromatic rings. The van der Waals surface area contributed by atoms with Crippen molar-refractivity contribution in [3.8, 4) is 6.07 Å². The highest BCUT2D eigenvalue weighted by Gasteiger charge is 2.15. The average Bonchev–Trinajstić information content (AvgIpc) is 2.29. The largest absolute Gasteiger partial charge is 0.299 e. The standard InChI is InChI=1S/C14H26N2/c1-4-7-12-16(13-8-5-2)14(9-6-3)10-11-15/h6,14H,3-5,7-10,12-13H2,1-2H3. The SMILES string of the molecule is C=CCC(CC#N)N(CCCC)CCCC. The molecule has 0 rings (SSSR count). The summed E-state index contributed by atoms with van der Waals surface area (Å²) >= 11 is 0. The van der Waals surface area contributed by atoms with Gasteiger partial charge in [-0.15, -0.1) is 6.58 Å². The highest BCUT2D eigenvalue weighted by molar-refractivity contribution is 4.87. The summed E-state index contributed by atoms with van der Waals surface area (Å²) in [5.41, 5.74) is 0. The second kappa shape index (κ2) is 10.7. The fraction of sp³-hybridized carbons (Fsp3) is 0.786. The van der Waals surface area contributed by atoms with Crippen molar-refractivity contribution in [1.82, 2.24) is 4.90 Å². The van der Waals surface area contributed by atoms with Gasteiger partial charge in [0.1, 0.15) is 0 Å². The smallest absolute Gasteiger partial charge is 0.0638 e. The molecule has 0 saturated heterocycles. The lowest BCUT2D eigenvalue weighted by Crippen LogP contribution is -2.36. The molecule has 0 saturated carbocycles. The maximum absolute atomic E-state index is 8.85. The number of nitriles is 1. The van der Waals surface area contributed by atoms with Crippen molar-refractivity contribution in [1.29, 1.82) is 5.26 Å². The van der Waals surface area contributed by atoms with Crippen LogP contribution in [-0.4, -0.2) is 24.0 Å². The third kappa shape index (κ3) is 6.63. The normalized spacial score (nSPS) is 12.4. The van der Waals surface area contributed by atoms with Crippen LogP contribution < -0.4 is 0 Å². The van der Waals surface area contributed by atoms with Gasteiger partial charge in [-0.05, 0) is 32.4 Å². The molecule has 1 atom stereocenters. The van der Waals surface area contributed by atoms with Crippen LogP contribution in [0.25, 0.3) is 0 Å². The van der Waals surface area contributed by atoms with Crippen LogP contribution in [0, 0.1) is 11.3 Å². The molecule has 0 fully saturated rings. The van der Waals surface area contributed by atoms with E-state index in [9.17, 15) is 0 Å². The van der Waals surface area contributed by atoms with Crippen LogP contribution in [0.4, 0.5) is 0 Å². The van der Waals surface area contributed by atoms with Crippen LogP contribution in [0.2, 0.25) is 0 Å². The highest BCUT2D eigenvalue weighted by Crippen LogP contribution is 2.12. The molecule has 92 valence electrons. The third-order valence-electron chi connectivity index (χ3n) is 2.88. The van der Waals surface area contributed by atoms with Crippen LogP contribution >= 0.6 is 0 Å². The van der Waals surface area contributed by atoms with E-state index >= 15 is 0 Å². The van der Waals surface area contributed by atoms with E-state index in [0.717, 1.165) is 19.5 Å². The molecule has 1 unspecified atom stereocenters. The number of hydrogen-bond acceptors (Lipinski definition) is 2. The lowest BCUT2D eigenvalue weighted by molar-refractivity contribution is 0.193. The molecule has 0 aliphatic carbocycles. The van der Waals surface area contributed by atoms with Crippen LogP contribution in [0.5, 0.6) is 0 Å². The van der Waals surface area contributed by atoms with Crippen LogP contribution in [0.3, 0.4) is 0 Å². The minimum atomic E-state index is 0.376. The van der Waals surface area contributed by atoms with E-state index in [0.29, 0.717) is 12.5 Å². The van der Waals surface area contributed by atoms with Gasteiger partial charge in [-0.2, -0.15) is 5.26 Å². The summed E-state index contributed by atoms with van der Waals surface area (Å²) in [5, 5.41) is 8.85. The monoisotopic (exact) mass is 222 g/mol. The molecule has 0 aromatic heterocycles. The first kappa shape index (κ1) is 15.2. The molecule has 0 N–H and O–H groups in total. The van der Waals surface area contributed by atoms with Crippen molar-refractivity contribution in [2.45, 2.75) is 58.4 Å². The molecule has 2 nitrogen and oxygen atoms in total. The maximum atomic E-state index is 8.85. The topological polar surface area (TPSA) is 27.0 Å². The van der Waals surface area contributed by atoms with Crippen LogP contribution in [0.15, 0.2) is 12.7 Å². The van der Waals surface area contributed by atoms with Gasteiger partial charge in [0.25, 0.3) is 0 Å². The number of nitrogens with zero attached hydrogens (tertiary/aromatic N) is 2. The lowest BCUT2D eigenvalue weighted by atomic mass is 10.1. The van der Waals surface area contributed by atoms with Crippen LogP contribution in [-0.2, 0) is 0 Å². The van der Waals surface area contributed by atoms with E-state index in [-0.39, 0.29) is 0 Å². The van der Waals surface area contributed by atoms with E-state index in [2.05, 4.69) is 31.4 Å². The quantitative estimate of drug-likeness (QED) is 0.526. The lowest BCUT2D eigenvalue weighted by Gasteiger charge is -2.29. The van der Waals surface area contributed by atoms with Gasteiger partial charge < -0.3 is 0 Å². The Morgan fingerprint density at radius 2 is 1.81 bits per heavy atom. The van der Waals surface area contributed by atoms with E-state index in [1.54, 1.807) is 0 Å². The first-order valence-electron chi connectivity index (χ1n) is 6.52. The Bertz CT molecular complexity index is 197. The maximum Gasteiger partial charge on any atom is 0.0638 e. The van der Waals surface area contributed by atoms with Crippen molar-refractivity contribution in [3.05, 3.63) is 12.7 Å². The van der Waals surface area contributed by atoms with Crippen molar-refractivity contribution in [2.75, 3.05) is 13.1 Å². The van der Waals surface area contributed by atoms with E-state index in [1.165, 1.54) is 25.7 Å². The van der Waals surface area contributed by atoms with Gasteiger partial charge in [-0.25, -0.2) is 0 Å². The van der Waals surface area contributed by atoms with Gasteiger partial charge in [-0.1, -0.05) is 32.8 Å². The second-order valence-electron chi connectivity index (χ2n) is 4.28. The van der Waals surface area contributed by atoms with Crippen molar-refractivity contribution in [2.24, 2.45) is 0 Å². The molecule has 0 heterocycles. The van der Waals surface area contributed by atoms with Gasteiger partial charge in [-0.3, -0.25) is 4.90 Å². The summed E-state index contributed by atoms with van der Waals surface area (Å²) in [7, 11) is 0. The number of hydrogen-bond donors (Lipinski definition) is 0. The van der Waals surface area contributed by atoms with Gasteiger partial charge in [0.15, 0.2) is 0 Å². The predicted octanol–water partition coefficient (Wildman–Crippen LogP) is 3.75. The molecule has 0 aromatic carbocycles. The molecule has 0 aliphatic heterocycles. The Morgan fingerprint density at radius 1 is 1.25 bits per heavy atom. The summed E-state index contributed by atoms with van der Waals surface area (Å²) in [6, 6.07) is 2.67. The Morgan fingerprint density at radius 3 is 2.19 bits per heavy atom. The first-order valence-corrected chi connectivity index (χ1v) is 6.52. The zero-order valence-electron chi connectivity index (χ0n) is 10.9. The van der Waals surface area contributed by atoms with Crippen LogP contribution in [0.1, 0.15) is 52.4 Å². The minimum absolute atomic E-state index is 0.376. The molecule has 0 aliphatic rings. The third-order valence-corrected chi connectivity index (χ3v) is 2.88. The summed E-state index contributed by atoms with van der Waals surface area (Å²) in [6.45, 7) is 10.5. The Balaban J connectivity index is 4.27. The van der Waals surface area contributed by atoms with Gasteiger partial charge in [0, 0.05) is 6.04 Å². The first-order chi connectivity index (χ1) is 7.79. The zero-order chi connectivity index (χ0) is 12.2. The molecule has 2 heteroatoms. The average molecular weight is 222 g/mol. The number of unbranched alkanes of at least 4 members (excludes halogenated alkanes) is 2. The molecular weight excluding hydrogens is 196 g/mol. The van der Waals surface area contributed by atoms with Crippen molar-refractivity contribution < 1.29 is 0 Å². The Labute approximate surface area is 101 Å². The molecule has 0 amide bonds. The van der Waals surface area contributed by atoms with Crippen molar-refractivity contribution in [3.63, 3.8) is 0 Å². The molecular formula is C14H26N2. The number of rotatable bonds is 10. The van der Waals surface area contributed by atoms with Crippen molar-refractivity contribution >= 4 is 0 Å². The summed E-state index contributed by atoms with van der Waals surface area (Å²) < 4.78 is 0. The Hall–Kier alpha value is -0.810.